The maximum Gasteiger partial charge on any atom is 0.119 e. The van der Waals surface area contributed by atoms with Crippen LogP contribution < -0.4 is 9.47 Å². The average molecular weight is 443 g/mol. The smallest absolute Gasteiger partial charge is 0.119 e. The molecule has 5 rings (SSSR count). The lowest BCUT2D eigenvalue weighted by Gasteiger charge is -2.05. The predicted octanol–water partition coefficient (Wildman–Crippen LogP) is 5.05. The van der Waals surface area contributed by atoms with Gasteiger partial charge in [-0.15, -0.1) is 0 Å². The van der Waals surface area contributed by atoms with Gasteiger partial charge in [0.1, 0.15) is 36.9 Å². The largest absolute Gasteiger partial charge is 0.491 e. The summed E-state index contributed by atoms with van der Waals surface area (Å²) in [5.74, 6) is 1.69. The molecule has 0 bridgehead atoms. The Labute approximate surface area is 193 Å². The first-order valence-corrected chi connectivity index (χ1v) is 11.1. The summed E-state index contributed by atoms with van der Waals surface area (Å²) < 4.78 is 21.6. The highest BCUT2D eigenvalue weighted by Crippen LogP contribution is 2.25. The summed E-state index contributed by atoms with van der Waals surface area (Å²) in [6.07, 6.45) is 4.23. The zero-order valence-electron chi connectivity index (χ0n) is 18.5. The van der Waals surface area contributed by atoms with E-state index in [0.29, 0.717) is 13.2 Å². The quantitative estimate of drug-likeness (QED) is 0.325. The molecule has 2 heterocycles. The van der Waals surface area contributed by atoms with Gasteiger partial charge in [0.25, 0.3) is 0 Å². The molecule has 0 N–H and O–H groups in total. The van der Waals surface area contributed by atoms with Crippen molar-refractivity contribution in [2.24, 2.45) is 9.98 Å². The molecule has 0 radical (unpaired) electrons. The van der Waals surface area contributed by atoms with Crippen molar-refractivity contribution in [3.63, 3.8) is 0 Å². The van der Waals surface area contributed by atoms with Crippen molar-refractivity contribution >= 4 is 23.8 Å². The van der Waals surface area contributed by atoms with Crippen LogP contribution in [-0.2, 0) is 9.47 Å². The molecule has 0 saturated carbocycles. The van der Waals surface area contributed by atoms with Crippen molar-refractivity contribution < 1.29 is 18.9 Å². The number of benzene rings is 3. The average Bonchev–Trinajstić information content (AvgIpc) is 3.76. The van der Waals surface area contributed by atoms with Crippen LogP contribution in [0.1, 0.15) is 16.7 Å². The first-order valence-electron chi connectivity index (χ1n) is 11.1. The summed E-state index contributed by atoms with van der Waals surface area (Å²) >= 11 is 0. The second kappa shape index (κ2) is 9.98. The second-order valence-corrected chi connectivity index (χ2v) is 8.16. The van der Waals surface area contributed by atoms with E-state index < -0.39 is 0 Å². The van der Waals surface area contributed by atoms with Crippen LogP contribution >= 0.6 is 0 Å². The Bertz CT molecular complexity index is 1130. The molecule has 168 valence electrons. The van der Waals surface area contributed by atoms with Crippen LogP contribution in [0.25, 0.3) is 0 Å². The van der Waals surface area contributed by atoms with E-state index >= 15 is 0 Å². The van der Waals surface area contributed by atoms with E-state index in [9.17, 15) is 0 Å². The van der Waals surface area contributed by atoms with Crippen LogP contribution in [0, 0.1) is 6.92 Å². The molecule has 6 heteroatoms. The number of aliphatic imine (C=N–C) groups is 2. The van der Waals surface area contributed by atoms with Crippen LogP contribution in [0.2, 0.25) is 0 Å². The molecule has 3 aromatic carbocycles. The van der Waals surface area contributed by atoms with Crippen molar-refractivity contribution in [2.75, 3.05) is 26.4 Å². The van der Waals surface area contributed by atoms with Gasteiger partial charge in [-0.3, -0.25) is 9.98 Å². The minimum absolute atomic E-state index is 0.259. The molecule has 2 aliphatic heterocycles. The number of ether oxygens (including phenoxy) is 4. The predicted molar refractivity (Wildman–Crippen MR) is 129 cm³/mol. The van der Waals surface area contributed by atoms with Gasteiger partial charge in [-0.2, -0.15) is 0 Å². The second-order valence-electron chi connectivity index (χ2n) is 8.16. The van der Waals surface area contributed by atoms with E-state index in [0.717, 1.165) is 52.8 Å². The van der Waals surface area contributed by atoms with Crippen molar-refractivity contribution in [1.29, 1.82) is 0 Å². The highest BCUT2D eigenvalue weighted by molar-refractivity contribution is 5.84. The summed E-state index contributed by atoms with van der Waals surface area (Å²) in [4.78, 5) is 9.23. The van der Waals surface area contributed by atoms with E-state index in [4.69, 9.17) is 18.9 Å². The summed E-state index contributed by atoms with van der Waals surface area (Å²) in [6.45, 7) is 4.86. The fourth-order valence-electron chi connectivity index (χ4n) is 3.17. The molecule has 2 unspecified atom stereocenters. The lowest BCUT2D eigenvalue weighted by molar-refractivity contribution is 0.263. The Hall–Kier alpha value is -3.48. The van der Waals surface area contributed by atoms with Gasteiger partial charge in [0.15, 0.2) is 0 Å². The van der Waals surface area contributed by atoms with Crippen LogP contribution in [-0.4, -0.2) is 51.1 Å². The fourth-order valence-corrected chi connectivity index (χ4v) is 3.17. The highest BCUT2D eigenvalue weighted by Gasteiger charge is 2.23. The monoisotopic (exact) mass is 442 g/mol. The third-order valence-corrected chi connectivity index (χ3v) is 5.33. The lowest BCUT2D eigenvalue weighted by atomic mass is 10.1. The van der Waals surface area contributed by atoms with Gasteiger partial charge < -0.3 is 18.9 Å². The number of epoxide rings is 2. The third kappa shape index (κ3) is 6.51. The molecule has 0 amide bonds. The Morgan fingerprint density at radius 1 is 0.758 bits per heavy atom. The lowest BCUT2D eigenvalue weighted by Crippen LogP contribution is -2.03. The summed E-state index contributed by atoms with van der Waals surface area (Å²) in [5.41, 5.74) is 4.90. The molecule has 2 fully saturated rings. The molecular weight excluding hydrogens is 416 g/mol. The summed E-state index contributed by atoms with van der Waals surface area (Å²) in [5, 5.41) is 0. The Morgan fingerprint density at radius 3 is 1.76 bits per heavy atom. The van der Waals surface area contributed by atoms with Gasteiger partial charge >= 0.3 is 0 Å². The number of hydrogen-bond acceptors (Lipinski definition) is 6. The number of rotatable bonds is 10. The van der Waals surface area contributed by atoms with Gasteiger partial charge in [0.2, 0.25) is 0 Å². The van der Waals surface area contributed by atoms with Crippen LogP contribution in [0.4, 0.5) is 11.4 Å². The summed E-state index contributed by atoms with van der Waals surface area (Å²) in [7, 11) is 0. The van der Waals surface area contributed by atoms with Crippen LogP contribution in [0.3, 0.4) is 0 Å². The van der Waals surface area contributed by atoms with Gasteiger partial charge in [-0.25, -0.2) is 0 Å². The van der Waals surface area contributed by atoms with Crippen molar-refractivity contribution in [2.45, 2.75) is 19.1 Å². The normalized spacial score (nSPS) is 19.2. The molecule has 0 aliphatic carbocycles. The summed E-state index contributed by atoms with van der Waals surface area (Å²) in [6, 6.07) is 21.8. The first-order chi connectivity index (χ1) is 16.2. The first kappa shape index (κ1) is 21.4. The fraction of sp³-hybridized carbons (Fsp3) is 0.259. The maximum absolute atomic E-state index is 5.67. The molecule has 0 spiro atoms. The highest BCUT2D eigenvalue weighted by atomic mass is 16.6. The van der Waals surface area contributed by atoms with E-state index in [1.807, 2.05) is 86.1 Å². The van der Waals surface area contributed by atoms with Gasteiger partial charge in [-0.05, 0) is 90.3 Å². The minimum atomic E-state index is 0.259. The van der Waals surface area contributed by atoms with E-state index in [-0.39, 0.29) is 12.2 Å². The van der Waals surface area contributed by atoms with Crippen molar-refractivity contribution in [3.05, 3.63) is 83.4 Å². The van der Waals surface area contributed by atoms with Gasteiger partial charge in [-0.1, -0.05) is 0 Å². The number of hydrogen-bond donors (Lipinski definition) is 0. The van der Waals surface area contributed by atoms with Gasteiger partial charge in [0.05, 0.1) is 24.6 Å². The molecule has 3 aromatic rings. The zero-order valence-corrected chi connectivity index (χ0v) is 18.5. The number of nitrogens with zero attached hydrogens (tertiary/aromatic N) is 2. The molecule has 0 aromatic heterocycles. The molecule has 2 aliphatic rings. The standard InChI is InChI=1S/C27H26N2O4/c1-19-12-22(28-13-20-2-7-23(8-3-20)30-15-25-17-32-25)6-11-27(19)29-14-21-4-9-24(10-5-21)31-16-26-18-33-26/h2-14,25-26H,15-18H2,1H3. The van der Waals surface area contributed by atoms with E-state index in [2.05, 4.69) is 9.98 Å². The zero-order chi connectivity index (χ0) is 22.5. The van der Waals surface area contributed by atoms with Crippen LogP contribution in [0.5, 0.6) is 11.5 Å². The van der Waals surface area contributed by atoms with Crippen molar-refractivity contribution in [1.82, 2.24) is 0 Å². The van der Waals surface area contributed by atoms with Crippen LogP contribution in [0.15, 0.2) is 76.7 Å². The topological polar surface area (TPSA) is 68.2 Å². The third-order valence-electron chi connectivity index (χ3n) is 5.33. The van der Waals surface area contributed by atoms with E-state index in [1.165, 1.54) is 0 Å². The SMILES string of the molecule is Cc1cc(N=Cc2ccc(OCC3CO3)cc2)ccc1N=Cc1ccc(OCC2CO2)cc1. The molecule has 33 heavy (non-hydrogen) atoms. The van der Waals surface area contributed by atoms with Gasteiger partial charge in [0, 0.05) is 12.4 Å². The Kier molecular flexibility index (Phi) is 6.46. The molecular formula is C27H26N2O4. The Balaban J connectivity index is 1.16. The Morgan fingerprint density at radius 2 is 1.27 bits per heavy atom. The molecule has 2 saturated heterocycles. The number of aryl methyl sites for hydroxylation is 1. The molecule has 2 atom stereocenters. The maximum atomic E-state index is 5.67. The van der Waals surface area contributed by atoms with Crippen molar-refractivity contribution in [3.8, 4) is 11.5 Å². The molecule has 6 nitrogen and oxygen atoms in total. The minimum Gasteiger partial charge on any atom is -0.491 e. The van der Waals surface area contributed by atoms with E-state index in [1.54, 1.807) is 0 Å².